The van der Waals surface area contributed by atoms with Gasteiger partial charge in [-0.3, -0.25) is 10.1 Å². The molecule has 0 saturated carbocycles. The lowest BCUT2D eigenvalue weighted by Gasteiger charge is -2.17. The molecule has 0 amide bonds. The summed E-state index contributed by atoms with van der Waals surface area (Å²) in [6, 6.07) is 10.3. The van der Waals surface area contributed by atoms with E-state index in [1.54, 1.807) is 6.92 Å². The number of hydrogen-bond donors (Lipinski definition) is 1. The maximum Gasteiger partial charge on any atom is 0.270 e. The number of non-ortho nitro benzene ring substituents is 1. The Balaban J connectivity index is 2.30. The Morgan fingerprint density at radius 1 is 1.13 bits per heavy atom. The lowest BCUT2D eigenvalue weighted by Crippen LogP contribution is -2.27. The molecule has 0 spiro atoms. The molecule has 2 aromatic carbocycles. The minimum Gasteiger partial charge on any atom is -0.258 e. The van der Waals surface area contributed by atoms with Crippen molar-refractivity contribution in [3.05, 3.63) is 69.3 Å². The zero-order chi connectivity index (χ0) is 17.2. The van der Waals surface area contributed by atoms with E-state index in [-0.39, 0.29) is 10.6 Å². The van der Waals surface area contributed by atoms with Crippen LogP contribution in [0, 0.1) is 24.0 Å². The number of sulfonamides is 1. The highest BCUT2D eigenvalue weighted by atomic mass is 32.2. The molecule has 1 atom stereocenters. The van der Waals surface area contributed by atoms with Crippen molar-refractivity contribution in [2.24, 2.45) is 0 Å². The highest BCUT2D eigenvalue weighted by Gasteiger charge is 2.21. The van der Waals surface area contributed by atoms with Gasteiger partial charge in [0.15, 0.2) is 0 Å². The first kappa shape index (κ1) is 17.1. The van der Waals surface area contributed by atoms with Crippen molar-refractivity contribution >= 4 is 15.7 Å². The highest BCUT2D eigenvalue weighted by molar-refractivity contribution is 7.89. The molecule has 1 N–H and O–H groups in total. The molecular formula is C16H18N2O4S. The van der Waals surface area contributed by atoms with Crippen molar-refractivity contribution in [2.75, 3.05) is 0 Å². The fourth-order valence-electron chi connectivity index (χ4n) is 2.44. The van der Waals surface area contributed by atoms with E-state index in [0.717, 1.165) is 22.8 Å². The van der Waals surface area contributed by atoms with E-state index in [9.17, 15) is 18.5 Å². The van der Waals surface area contributed by atoms with E-state index in [0.29, 0.717) is 0 Å². The van der Waals surface area contributed by atoms with Gasteiger partial charge in [-0.1, -0.05) is 29.8 Å². The van der Waals surface area contributed by atoms with E-state index in [1.807, 2.05) is 32.0 Å². The van der Waals surface area contributed by atoms with Gasteiger partial charge in [-0.15, -0.1) is 0 Å². The van der Waals surface area contributed by atoms with Crippen LogP contribution >= 0.6 is 0 Å². The number of nitro groups is 1. The predicted molar refractivity (Wildman–Crippen MR) is 87.7 cm³/mol. The number of rotatable bonds is 5. The van der Waals surface area contributed by atoms with Crippen LogP contribution in [0.25, 0.3) is 0 Å². The standard InChI is InChI=1S/C16H18N2O4S/c1-11-7-8-16(12(2)9-11)13(3)17-23(21,22)15-6-4-5-14(10-15)18(19)20/h4-10,13,17H,1-3H3/t13-/m1/s1. The third kappa shape index (κ3) is 3.94. The molecule has 0 saturated heterocycles. The number of nitrogens with zero attached hydrogens (tertiary/aromatic N) is 1. The molecule has 6 nitrogen and oxygen atoms in total. The van der Waals surface area contributed by atoms with Crippen LogP contribution in [0.5, 0.6) is 0 Å². The van der Waals surface area contributed by atoms with E-state index in [4.69, 9.17) is 0 Å². The van der Waals surface area contributed by atoms with Gasteiger partial charge < -0.3 is 0 Å². The van der Waals surface area contributed by atoms with E-state index >= 15 is 0 Å². The van der Waals surface area contributed by atoms with Crippen LogP contribution in [-0.2, 0) is 10.0 Å². The van der Waals surface area contributed by atoms with Crippen LogP contribution < -0.4 is 4.72 Å². The second kappa shape index (κ2) is 6.47. The van der Waals surface area contributed by atoms with Crippen LogP contribution in [-0.4, -0.2) is 13.3 Å². The summed E-state index contributed by atoms with van der Waals surface area (Å²) in [5.74, 6) is 0. The quantitative estimate of drug-likeness (QED) is 0.671. The molecule has 0 bridgehead atoms. The van der Waals surface area contributed by atoms with Crippen molar-refractivity contribution in [1.82, 2.24) is 4.72 Å². The summed E-state index contributed by atoms with van der Waals surface area (Å²) in [7, 11) is -3.85. The zero-order valence-electron chi connectivity index (χ0n) is 13.1. The zero-order valence-corrected chi connectivity index (χ0v) is 13.9. The van der Waals surface area contributed by atoms with Crippen molar-refractivity contribution in [3.8, 4) is 0 Å². The Bertz CT molecular complexity index is 847. The van der Waals surface area contributed by atoms with Gasteiger partial charge in [0.2, 0.25) is 10.0 Å². The molecule has 23 heavy (non-hydrogen) atoms. The molecule has 0 aliphatic carbocycles. The number of hydrogen-bond acceptors (Lipinski definition) is 4. The molecule has 7 heteroatoms. The molecule has 0 aromatic heterocycles. The summed E-state index contributed by atoms with van der Waals surface area (Å²) < 4.78 is 27.4. The lowest BCUT2D eigenvalue weighted by molar-refractivity contribution is -0.385. The van der Waals surface area contributed by atoms with Gasteiger partial charge in [0, 0.05) is 18.2 Å². The van der Waals surface area contributed by atoms with Crippen molar-refractivity contribution < 1.29 is 13.3 Å². The summed E-state index contributed by atoms with van der Waals surface area (Å²) in [5.41, 5.74) is 2.69. The number of aryl methyl sites for hydroxylation is 2. The molecule has 0 unspecified atom stereocenters. The van der Waals surface area contributed by atoms with Gasteiger partial charge >= 0.3 is 0 Å². The van der Waals surface area contributed by atoms with Gasteiger partial charge in [0.05, 0.1) is 9.82 Å². The average molecular weight is 334 g/mol. The Morgan fingerprint density at radius 2 is 1.83 bits per heavy atom. The van der Waals surface area contributed by atoms with Crippen LogP contribution in [0.2, 0.25) is 0 Å². The Morgan fingerprint density at radius 3 is 2.43 bits per heavy atom. The summed E-state index contributed by atoms with van der Waals surface area (Å²) in [6.45, 7) is 5.63. The van der Waals surface area contributed by atoms with Crippen LogP contribution in [0.1, 0.15) is 29.7 Å². The fourth-order valence-corrected chi connectivity index (χ4v) is 3.70. The van der Waals surface area contributed by atoms with Gasteiger partial charge in [-0.25, -0.2) is 13.1 Å². The largest absolute Gasteiger partial charge is 0.270 e. The maximum atomic E-state index is 12.4. The van der Waals surface area contributed by atoms with Gasteiger partial charge in [-0.2, -0.15) is 0 Å². The van der Waals surface area contributed by atoms with Crippen LogP contribution in [0.3, 0.4) is 0 Å². The Kier molecular flexibility index (Phi) is 4.82. The SMILES string of the molecule is Cc1ccc([C@@H](C)NS(=O)(=O)c2cccc([N+](=O)[O-])c2)c(C)c1. The van der Waals surface area contributed by atoms with Crippen molar-refractivity contribution in [1.29, 1.82) is 0 Å². The van der Waals surface area contributed by atoms with Gasteiger partial charge in [0.1, 0.15) is 0 Å². The molecule has 0 fully saturated rings. The number of nitro benzene ring substituents is 1. The topological polar surface area (TPSA) is 89.3 Å². The summed E-state index contributed by atoms with van der Waals surface area (Å²) >= 11 is 0. The summed E-state index contributed by atoms with van der Waals surface area (Å²) in [5, 5.41) is 10.8. The first-order chi connectivity index (χ1) is 10.7. The first-order valence-electron chi connectivity index (χ1n) is 7.04. The minimum absolute atomic E-state index is 0.122. The molecule has 2 aromatic rings. The average Bonchev–Trinajstić information content (AvgIpc) is 2.46. The fraction of sp³-hybridized carbons (Fsp3) is 0.250. The second-order valence-corrected chi connectivity index (χ2v) is 7.17. The third-order valence-corrected chi connectivity index (χ3v) is 5.10. The Labute approximate surface area is 135 Å². The van der Waals surface area contributed by atoms with E-state index in [2.05, 4.69) is 4.72 Å². The van der Waals surface area contributed by atoms with E-state index in [1.165, 1.54) is 18.2 Å². The third-order valence-electron chi connectivity index (χ3n) is 3.56. The van der Waals surface area contributed by atoms with Gasteiger partial charge in [-0.05, 0) is 38.0 Å². The molecular weight excluding hydrogens is 316 g/mol. The normalized spacial score (nSPS) is 12.8. The van der Waals surface area contributed by atoms with Crippen LogP contribution in [0.4, 0.5) is 5.69 Å². The first-order valence-corrected chi connectivity index (χ1v) is 8.53. The smallest absolute Gasteiger partial charge is 0.258 e. The summed E-state index contributed by atoms with van der Waals surface area (Å²) in [6.07, 6.45) is 0. The molecule has 122 valence electrons. The monoisotopic (exact) mass is 334 g/mol. The molecule has 2 rings (SSSR count). The lowest BCUT2D eigenvalue weighted by atomic mass is 10.0. The maximum absolute atomic E-state index is 12.4. The predicted octanol–water partition coefficient (Wildman–Crippen LogP) is 3.25. The van der Waals surface area contributed by atoms with Crippen molar-refractivity contribution in [2.45, 2.75) is 31.7 Å². The highest BCUT2D eigenvalue weighted by Crippen LogP contribution is 2.22. The number of nitrogens with one attached hydrogen (secondary N) is 1. The van der Waals surface area contributed by atoms with E-state index < -0.39 is 21.0 Å². The molecule has 0 aliphatic heterocycles. The van der Waals surface area contributed by atoms with Gasteiger partial charge in [0.25, 0.3) is 5.69 Å². The second-order valence-electron chi connectivity index (χ2n) is 5.46. The minimum atomic E-state index is -3.85. The number of benzene rings is 2. The Hall–Kier alpha value is -2.25. The van der Waals surface area contributed by atoms with Crippen LogP contribution in [0.15, 0.2) is 47.4 Å². The summed E-state index contributed by atoms with van der Waals surface area (Å²) in [4.78, 5) is 10.1. The van der Waals surface area contributed by atoms with Crippen molar-refractivity contribution in [3.63, 3.8) is 0 Å². The molecule has 0 aliphatic rings. The molecule has 0 heterocycles. The molecule has 0 radical (unpaired) electrons.